The maximum Gasteiger partial charge on any atom is 0.125 e. The fourth-order valence-electron chi connectivity index (χ4n) is 2.08. The van der Waals surface area contributed by atoms with Gasteiger partial charge in [0.25, 0.3) is 0 Å². The van der Waals surface area contributed by atoms with Gasteiger partial charge in [0.2, 0.25) is 0 Å². The minimum atomic E-state index is -0.273. The van der Waals surface area contributed by atoms with E-state index >= 15 is 0 Å². The number of nitrogens with two attached hydrogens (primary N) is 2. The summed E-state index contributed by atoms with van der Waals surface area (Å²) < 4.78 is 11.0. The molecule has 164 valence electrons. The number of hydrogen-bond acceptors (Lipinski definition) is 4. The van der Waals surface area contributed by atoms with Crippen molar-refractivity contribution in [2.75, 3.05) is 0 Å². The van der Waals surface area contributed by atoms with Crippen LogP contribution >= 0.6 is 0 Å². The Labute approximate surface area is 187 Å². The molecular formula is C27H34N2O2. The molecule has 0 atom stereocenters. The minimum Gasteiger partial charge on any atom is -0.465 e. The molecule has 0 aliphatic heterocycles. The second-order valence-electron chi connectivity index (χ2n) is 6.60. The average molecular weight is 419 g/mol. The van der Waals surface area contributed by atoms with Crippen molar-refractivity contribution >= 4 is 0 Å². The Hall–Kier alpha value is -3.92. The average Bonchev–Trinajstić information content (AvgIpc) is 2.76. The Kier molecular flexibility index (Phi) is 13.9. The molecular weight excluding hydrogens is 384 g/mol. The van der Waals surface area contributed by atoms with E-state index in [-0.39, 0.29) is 5.41 Å². The summed E-state index contributed by atoms with van der Waals surface area (Å²) in [5, 5.41) is 0. The van der Waals surface area contributed by atoms with E-state index in [1.54, 1.807) is 54.9 Å². The molecule has 4 heteroatoms. The molecule has 0 heterocycles. The molecule has 0 fully saturated rings. The zero-order chi connectivity index (χ0) is 23.5. The van der Waals surface area contributed by atoms with Crippen LogP contribution in [0.25, 0.3) is 0 Å². The summed E-state index contributed by atoms with van der Waals surface area (Å²) in [7, 11) is 0. The van der Waals surface area contributed by atoms with Crippen molar-refractivity contribution in [3.8, 4) is 0 Å². The van der Waals surface area contributed by atoms with Gasteiger partial charge in [0.1, 0.15) is 11.5 Å². The van der Waals surface area contributed by atoms with Crippen LogP contribution in [-0.2, 0) is 9.47 Å². The van der Waals surface area contributed by atoms with Crippen molar-refractivity contribution in [3.63, 3.8) is 0 Å². The molecule has 4 nitrogen and oxygen atoms in total. The summed E-state index contributed by atoms with van der Waals surface area (Å²) in [4.78, 5) is 0. The van der Waals surface area contributed by atoms with Gasteiger partial charge in [0.15, 0.2) is 0 Å². The fraction of sp³-hybridized carbons (Fsp3) is 0.111. The predicted octanol–water partition coefficient (Wildman–Crippen LogP) is 6.38. The fourth-order valence-corrected chi connectivity index (χ4v) is 2.08. The van der Waals surface area contributed by atoms with Gasteiger partial charge in [0.05, 0.1) is 12.5 Å². The van der Waals surface area contributed by atoms with E-state index < -0.39 is 0 Å². The first-order chi connectivity index (χ1) is 14.8. The maximum absolute atomic E-state index is 5.63. The first-order valence-corrected chi connectivity index (χ1v) is 9.65. The lowest BCUT2D eigenvalue weighted by molar-refractivity contribution is 0.368. The number of rotatable bonds is 14. The Morgan fingerprint density at radius 2 is 1.26 bits per heavy atom. The molecule has 0 saturated heterocycles. The smallest absolute Gasteiger partial charge is 0.125 e. The van der Waals surface area contributed by atoms with E-state index in [4.69, 9.17) is 20.9 Å². The van der Waals surface area contributed by atoms with Crippen LogP contribution in [0.4, 0.5) is 0 Å². The highest BCUT2D eigenvalue weighted by Crippen LogP contribution is 2.29. The van der Waals surface area contributed by atoms with Gasteiger partial charge >= 0.3 is 0 Å². The zero-order valence-corrected chi connectivity index (χ0v) is 18.5. The van der Waals surface area contributed by atoms with E-state index in [0.717, 1.165) is 5.57 Å². The molecule has 0 bridgehead atoms. The molecule has 0 aliphatic carbocycles. The van der Waals surface area contributed by atoms with Crippen LogP contribution < -0.4 is 11.5 Å². The first kappa shape index (κ1) is 27.1. The Balaban J connectivity index is 5.21. The summed E-state index contributed by atoms with van der Waals surface area (Å²) in [6.07, 6.45) is 27.4. The van der Waals surface area contributed by atoms with Crippen LogP contribution in [0, 0.1) is 5.41 Å². The van der Waals surface area contributed by atoms with Crippen molar-refractivity contribution in [3.05, 3.63) is 147 Å². The van der Waals surface area contributed by atoms with Crippen LogP contribution in [0.1, 0.15) is 13.8 Å². The molecule has 0 unspecified atom stereocenters. The highest BCUT2D eigenvalue weighted by molar-refractivity contribution is 5.33. The van der Waals surface area contributed by atoms with Crippen molar-refractivity contribution in [2.24, 2.45) is 16.9 Å². The summed E-state index contributed by atoms with van der Waals surface area (Å²) >= 11 is 0. The van der Waals surface area contributed by atoms with Crippen LogP contribution in [0.3, 0.4) is 0 Å². The lowest BCUT2D eigenvalue weighted by Gasteiger charge is -2.21. The third-order valence-electron chi connectivity index (χ3n) is 3.88. The normalized spacial score (nSPS) is 14.5. The number of ether oxygens (including phenoxy) is 2. The van der Waals surface area contributed by atoms with E-state index in [1.165, 1.54) is 12.5 Å². The van der Waals surface area contributed by atoms with Crippen LogP contribution in [0.15, 0.2) is 147 Å². The van der Waals surface area contributed by atoms with Crippen molar-refractivity contribution in [2.45, 2.75) is 13.8 Å². The molecule has 0 aromatic heterocycles. The largest absolute Gasteiger partial charge is 0.465 e. The van der Waals surface area contributed by atoms with E-state index in [1.807, 2.05) is 30.4 Å². The molecule has 31 heavy (non-hydrogen) atoms. The molecule has 0 amide bonds. The molecule has 0 rings (SSSR count). The monoisotopic (exact) mass is 418 g/mol. The second kappa shape index (κ2) is 15.9. The highest BCUT2D eigenvalue weighted by Gasteiger charge is 2.16. The maximum atomic E-state index is 5.63. The molecule has 0 aromatic carbocycles. The van der Waals surface area contributed by atoms with Gasteiger partial charge in [-0.25, -0.2) is 0 Å². The van der Waals surface area contributed by atoms with Gasteiger partial charge in [-0.1, -0.05) is 64.5 Å². The van der Waals surface area contributed by atoms with Gasteiger partial charge in [-0.3, -0.25) is 0 Å². The first-order valence-electron chi connectivity index (χ1n) is 9.65. The van der Waals surface area contributed by atoms with Crippen molar-refractivity contribution in [1.29, 1.82) is 0 Å². The number of allylic oxidation sites excluding steroid dienone is 14. The van der Waals surface area contributed by atoms with Gasteiger partial charge in [-0.05, 0) is 66.5 Å². The summed E-state index contributed by atoms with van der Waals surface area (Å²) in [6.45, 7) is 19.1. The molecule has 0 saturated carbocycles. The predicted molar refractivity (Wildman–Crippen MR) is 134 cm³/mol. The third kappa shape index (κ3) is 12.3. The molecule has 0 spiro atoms. The van der Waals surface area contributed by atoms with Crippen LogP contribution in [0.5, 0.6) is 0 Å². The van der Waals surface area contributed by atoms with E-state index in [2.05, 4.69) is 40.2 Å². The van der Waals surface area contributed by atoms with E-state index in [9.17, 15) is 0 Å². The lowest BCUT2D eigenvalue weighted by atomic mass is 9.83. The third-order valence-corrected chi connectivity index (χ3v) is 3.88. The molecule has 0 aromatic rings. The topological polar surface area (TPSA) is 70.5 Å². The summed E-state index contributed by atoms with van der Waals surface area (Å²) in [6, 6.07) is 0. The Bertz CT molecular complexity index is 858. The highest BCUT2D eigenvalue weighted by atomic mass is 16.5. The van der Waals surface area contributed by atoms with Crippen LogP contribution in [0.2, 0.25) is 0 Å². The SMILES string of the molecule is C=C/C(N)=C\C=C\O/C(C=C)=C/C=C/C(C)(C)/C(C=C)=C/C=C/O/C(C=C)=C/C=C/N. The summed E-state index contributed by atoms with van der Waals surface area (Å²) in [5.41, 5.74) is 12.2. The Morgan fingerprint density at radius 3 is 1.74 bits per heavy atom. The van der Waals surface area contributed by atoms with Gasteiger partial charge < -0.3 is 20.9 Å². The van der Waals surface area contributed by atoms with Crippen LogP contribution in [-0.4, -0.2) is 0 Å². The standard InChI is InChI=1S/C27H34N2O2/c1-7-23(15-13-21-30-26(10-4)18-12-20-28)27(5,6)19-11-17-25(9-3)31-22-14-16-24(29)8-2/h7-22H,1-4,28-29H2,5-6H3/b19-11+,20-12+,21-13+,22-14+,23-15+,24-16+,25-17+,26-18+. The van der Waals surface area contributed by atoms with Gasteiger partial charge in [0, 0.05) is 11.1 Å². The molecule has 4 N–H and O–H groups in total. The lowest BCUT2D eigenvalue weighted by Crippen LogP contribution is -2.09. The minimum absolute atomic E-state index is 0.273. The number of hydrogen-bond donors (Lipinski definition) is 2. The second-order valence-corrected chi connectivity index (χ2v) is 6.60. The van der Waals surface area contributed by atoms with Crippen molar-refractivity contribution in [1.82, 2.24) is 0 Å². The quantitative estimate of drug-likeness (QED) is 0.253. The molecule has 0 aliphatic rings. The van der Waals surface area contributed by atoms with Crippen molar-refractivity contribution < 1.29 is 9.47 Å². The Morgan fingerprint density at radius 1 is 0.710 bits per heavy atom. The molecule has 0 radical (unpaired) electrons. The van der Waals surface area contributed by atoms with Gasteiger partial charge in [-0.15, -0.1) is 0 Å². The van der Waals surface area contributed by atoms with E-state index in [0.29, 0.717) is 17.2 Å². The zero-order valence-electron chi connectivity index (χ0n) is 18.5. The summed E-state index contributed by atoms with van der Waals surface area (Å²) in [5.74, 6) is 1.19. The van der Waals surface area contributed by atoms with Gasteiger partial charge in [-0.2, -0.15) is 0 Å².